The van der Waals surface area contributed by atoms with Crippen molar-refractivity contribution in [3.63, 3.8) is 0 Å². The lowest BCUT2D eigenvalue weighted by Gasteiger charge is -2.32. The molecule has 2 aliphatic rings. The van der Waals surface area contributed by atoms with E-state index in [1.165, 1.54) is 4.90 Å². The Kier molecular flexibility index (Phi) is 6.18. The predicted molar refractivity (Wildman–Crippen MR) is 106 cm³/mol. The number of aryl methyl sites for hydroxylation is 1. The van der Waals surface area contributed by atoms with Crippen molar-refractivity contribution in [1.29, 1.82) is 0 Å². The van der Waals surface area contributed by atoms with E-state index < -0.39 is 5.41 Å². The molecular weight excluding hydrogens is 356 g/mol. The minimum absolute atomic E-state index is 0.0134. The molecule has 0 unspecified atom stereocenters. The second-order valence-corrected chi connectivity index (χ2v) is 7.76. The summed E-state index contributed by atoms with van der Waals surface area (Å²) in [5.74, 6) is -0.554. The number of carbonyl (C=O) groups is 3. The van der Waals surface area contributed by atoms with E-state index in [1.54, 1.807) is 11.8 Å². The van der Waals surface area contributed by atoms with Crippen LogP contribution in [0.1, 0.15) is 50.7 Å². The summed E-state index contributed by atoms with van der Waals surface area (Å²) in [7, 11) is 0. The van der Waals surface area contributed by atoms with Gasteiger partial charge in [-0.2, -0.15) is 0 Å². The van der Waals surface area contributed by atoms with Crippen molar-refractivity contribution in [2.45, 2.75) is 58.0 Å². The molecule has 2 aliphatic heterocycles. The minimum atomic E-state index is -1.11. The van der Waals surface area contributed by atoms with E-state index in [4.69, 9.17) is 4.74 Å². The number of benzene rings is 1. The van der Waals surface area contributed by atoms with Crippen LogP contribution in [0.15, 0.2) is 24.3 Å². The number of hydrogen-bond donors (Lipinski definition) is 0. The van der Waals surface area contributed by atoms with Gasteiger partial charge in [0.15, 0.2) is 0 Å². The first-order chi connectivity index (χ1) is 13.4. The first kappa shape index (κ1) is 20.5. The molecule has 2 heterocycles. The molecule has 152 valence electrons. The number of likely N-dealkylation sites (N-methyl/N-ethyl adjacent to an activating group) is 2. The highest BCUT2D eigenvalue weighted by Crippen LogP contribution is 2.41. The Bertz CT molecular complexity index is 757. The molecule has 1 aromatic carbocycles. The van der Waals surface area contributed by atoms with Gasteiger partial charge in [-0.3, -0.25) is 19.3 Å². The molecule has 0 radical (unpaired) electrons. The summed E-state index contributed by atoms with van der Waals surface area (Å²) >= 11 is 0. The van der Waals surface area contributed by atoms with Crippen LogP contribution in [-0.2, 0) is 24.5 Å². The van der Waals surface area contributed by atoms with Crippen LogP contribution in [0.25, 0.3) is 0 Å². The summed E-state index contributed by atoms with van der Waals surface area (Å²) in [4.78, 5) is 42.2. The van der Waals surface area contributed by atoms with Gasteiger partial charge in [-0.1, -0.05) is 24.3 Å². The third kappa shape index (κ3) is 3.70. The maximum Gasteiger partial charge on any atom is 0.240 e. The Morgan fingerprint density at radius 2 is 2.04 bits per heavy atom. The number of amides is 3. The van der Waals surface area contributed by atoms with Crippen molar-refractivity contribution in [2.24, 2.45) is 0 Å². The molecule has 6 heteroatoms. The number of imide groups is 1. The molecule has 0 aromatic heterocycles. The lowest BCUT2D eigenvalue weighted by molar-refractivity contribution is -0.142. The highest BCUT2D eigenvalue weighted by molar-refractivity contribution is 6.10. The van der Waals surface area contributed by atoms with E-state index >= 15 is 0 Å². The highest BCUT2D eigenvalue weighted by atomic mass is 16.5. The number of rotatable bonds is 7. The summed E-state index contributed by atoms with van der Waals surface area (Å²) in [5, 5.41) is 0. The van der Waals surface area contributed by atoms with Crippen LogP contribution < -0.4 is 0 Å². The van der Waals surface area contributed by atoms with E-state index in [-0.39, 0.29) is 36.7 Å². The molecule has 0 aliphatic carbocycles. The van der Waals surface area contributed by atoms with Crippen LogP contribution in [0.3, 0.4) is 0 Å². The van der Waals surface area contributed by atoms with Crippen LogP contribution in [0.5, 0.6) is 0 Å². The number of ether oxygens (including phenoxy) is 1. The average molecular weight is 386 g/mol. The zero-order valence-corrected chi connectivity index (χ0v) is 17.1. The number of hydrogen-bond acceptors (Lipinski definition) is 4. The van der Waals surface area contributed by atoms with Gasteiger partial charge in [-0.05, 0) is 44.7 Å². The van der Waals surface area contributed by atoms with Crippen LogP contribution in [0, 0.1) is 6.92 Å². The van der Waals surface area contributed by atoms with Crippen molar-refractivity contribution in [3.05, 3.63) is 35.4 Å². The molecule has 0 spiro atoms. The first-order valence-electron chi connectivity index (χ1n) is 10.2. The van der Waals surface area contributed by atoms with Gasteiger partial charge in [0, 0.05) is 39.1 Å². The zero-order chi connectivity index (χ0) is 20.3. The maximum absolute atomic E-state index is 13.3. The van der Waals surface area contributed by atoms with Crippen LogP contribution in [0.2, 0.25) is 0 Å². The van der Waals surface area contributed by atoms with Crippen molar-refractivity contribution < 1.29 is 19.1 Å². The van der Waals surface area contributed by atoms with Gasteiger partial charge in [0.1, 0.15) is 0 Å². The Labute approximate surface area is 166 Å². The van der Waals surface area contributed by atoms with E-state index in [9.17, 15) is 14.4 Å². The molecule has 28 heavy (non-hydrogen) atoms. The molecule has 1 aromatic rings. The van der Waals surface area contributed by atoms with E-state index in [2.05, 4.69) is 0 Å². The normalized spacial score (nSPS) is 24.8. The lowest BCUT2D eigenvalue weighted by atomic mass is 9.74. The minimum Gasteiger partial charge on any atom is -0.376 e. The van der Waals surface area contributed by atoms with Gasteiger partial charge in [0.2, 0.25) is 17.7 Å². The fourth-order valence-electron chi connectivity index (χ4n) is 4.49. The molecule has 2 atom stereocenters. The van der Waals surface area contributed by atoms with Crippen LogP contribution in [0.4, 0.5) is 0 Å². The van der Waals surface area contributed by atoms with Gasteiger partial charge in [-0.15, -0.1) is 0 Å². The number of carbonyl (C=O) groups excluding carboxylic acids is 3. The van der Waals surface area contributed by atoms with Gasteiger partial charge < -0.3 is 9.64 Å². The van der Waals surface area contributed by atoms with Crippen LogP contribution >= 0.6 is 0 Å². The summed E-state index contributed by atoms with van der Waals surface area (Å²) in [5.41, 5.74) is 0.599. The fourth-order valence-corrected chi connectivity index (χ4v) is 4.49. The topological polar surface area (TPSA) is 66.9 Å². The van der Waals surface area contributed by atoms with Crippen molar-refractivity contribution >= 4 is 17.7 Å². The highest BCUT2D eigenvalue weighted by Gasteiger charge is 2.54. The van der Waals surface area contributed by atoms with Gasteiger partial charge >= 0.3 is 0 Å². The largest absolute Gasteiger partial charge is 0.376 e. The average Bonchev–Trinajstić information content (AvgIpc) is 3.26. The molecule has 2 saturated heterocycles. The molecule has 0 saturated carbocycles. The summed E-state index contributed by atoms with van der Waals surface area (Å²) < 4.78 is 5.68. The zero-order valence-electron chi connectivity index (χ0n) is 17.1. The summed E-state index contributed by atoms with van der Waals surface area (Å²) in [6, 6.07) is 7.58. The second-order valence-electron chi connectivity index (χ2n) is 7.76. The smallest absolute Gasteiger partial charge is 0.240 e. The SMILES string of the molecule is CCN(C[C@@H]1CCCO1)C(=O)C[C@@]1(c2ccccc2C)CC(=O)N(CC)C1=O. The summed E-state index contributed by atoms with van der Waals surface area (Å²) in [6.45, 7) is 7.82. The molecule has 0 bridgehead atoms. The summed E-state index contributed by atoms with van der Waals surface area (Å²) in [6.07, 6.45) is 2.09. The molecule has 6 nitrogen and oxygen atoms in total. The molecule has 2 fully saturated rings. The fraction of sp³-hybridized carbons (Fsp3) is 0.591. The number of nitrogens with zero attached hydrogens (tertiary/aromatic N) is 2. The lowest BCUT2D eigenvalue weighted by Crippen LogP contribution is -2.45. The first-order valence-corrected chi connectivity index (χ1v) is 10.2. The van der Waals surface area contributed by atoms with Gasteiger partial charge in [0.25, 0.3) is 0 Å². The standard InChI is InChI=1S/C22H30N2O4/c1-4-23(15-17-10-8-12-28-17)19(25)13-22(18-11-7-6-9-16(18)3)14-20(26)24(5-2)21(22)27/h6-7,9,11,17H,4-5,8,10,12-15H2,1-3H3/t17-,22-/m0/s1. The van der Waals surface area contributed by atoms with E-state index in [1.807, 2.05) is 38.1 Å². The number of likely N-dealkylation sites (tertiary alicyclic amines) is 1. The Hall–Kier alpha value is -2.21. The molecule has 0 N–H and O–H groups in total. The Balaban J connectivity index is 1.92. The monoisotopic (exact) mass is 386 g/mol. The Morgan fingerprint density at radius 1 is 1.29 bits per heavy atom. The maximum atomic E-state index is 13.3. The van der Waals surface area contributed by atoms with Crippen molar-refractivity contribution in [2.75, 3.05) is 26.2 Å². The van der Waals surface area contributed by atoms with Crippen LogP contribution in [-0.4, -0.2) is 59.9 Å². The second kappa shape index (κ2) is 8.43. The molecule has 3 rings (SSSR count). The van der Waals surface area contributed by atoms with E-state index in [0.717, 1.165) is 30.6 Å². The third-order valence-electron chi connectivity index (χ3n) is 6.02. The third-order valence-corrected chi connectivity index (χ3v) is 6.02. The molecular formula is C22H30N2O4. The Morgan fingerprint density at radius 3 is 2.61 bits per heavy atom. The quantitative estimate of drug-likeness (QED) is 0.675. The van der Waals surface area contributed by atoms with Gasteiger partial charge in [-0.25, -0.2) is 0 Å². The molecule has 3 amide bonds. The van der Waals surface area contributed by atoms with Gasteiger partial charge in [0.05, 0.1) is 11.5 Å². The van der Waals surface area contributed by atoms with Crippen molar-refractivity contribution in [3.8, 4) is 0 Å². The van der Waals surface area contributed by atoms with E-state index in [0.29, 0.717) is 19.6 Å². The van der Waals surface area contributed by atoms with Crippen molar-refractivity contribution in [1.82, 2.24) is 9.80 Å². The predicted octanol–water partition coefficient (Wildman–Crippen LogP) is 2.43.